The van der Waals surface area contributed by atoms with Gasteiger partial charge in [0.1, 0.15) is 0 Å². The fourth-order valence-electron chi connectivity index (χ4n) is 4.83. The number of fused-ring (bicyclic) bond motifs is 3. The minimum atomic E-state index is -0.0884. The van der Waals surface area contributed by atoms with Crippen molar-refractivity contribution in [3.8, 4) is 0 Å². The molecule has 0 aromatic heterocycles. The summed E-state index contributed by atoms with van der Waals surface area (Å²) in [5.41, 5.74) is 2.27. The van der Waals surface area contributed by atoms with Crippen molar-refractivity contribution in [2.45, 2.75) is 44.4 Å². The Bertz CT molecular complexity index is 557. The maximum absolute atomic E-state index is 13.1. The van der Waals surface area contributed by atoms with E-state index in [1.807, 2.05) is 6.07 Å². The van der Waals surface area contributed by atoms with Crippen LogP contribution in [-0.4, -0.2) is 5.78 Å². The Kier molecular flexibility index (Phi) is 2.45. The quantitative estimate of drug-likeness (QED) is 0.673. The lowest BCUT2D eigenvalue weighted by Gasteiger charge is -2.42. The molecular weight excluding hydrogens is 232 g/mol. The summed E-state index contributed by atoms with van der Waals surface area (Å²) in [6.45, 7) is 0. The van der Waals surface area contributed by atoms with Gasteiger partial charge in [-0.25, -0.2) is 0 Å². The molecule has 1 aromatic carbocycles. The molecule has 0 spiro atoms. The van der Waals surface area contributed by atoms with E-state index in [9.17, 15) is 4.79 Å². The van der Waals surface area contributed by atoms with Gasteiger partial charge in [0.2, 0.25) is 0 Å². The molecule has 3 aliphatic carbocycles. The zero-order valence-electron chi connectivity index (χ0n) is 11.3. The van der Waals surface area contributed by atoms with Gasteiger partial charge in [-0.3, -0.25) is 4.79 Å². The van der Waals surface area contributed by atoms with Crippen LogP contribution < -0.4 is 0 Å². The zero-order valence-corrected chi connectivity index (χ0v) is 11.3. The summed E-state index contributed by atoms with van der Waals surface area (Å²) in [7, 11) is 0. The maximum atomic E-state index is 13.1. The molecule has 0 radical (unpaired) electrons. The van der Waals surface area contributed by atoms with Crippen LogP contribution in [-0.2, 0) is 0 Å². The van der Waals surface area contributed by atoms with Crippen molar-refractivity contribution in [2.75, 3.05) is 0 Å². The van der Waals surface area contributed by atoms with Gasteiger partial charge < -0.3 is 0 Å². The molecule has 0 heterocycles. The molecule has 0 saturated heterocycles. The molecule has 1 nitrogen and oxygen atoms in total. The van der Waals surface area contributed by atoms with Crippen molar-refractivity contribution in [1.82, 2.24) is 0 Å². The van der Waals surface area contributed by atoms with Gasteiger partial charge in [0.15, 0.2) is 5.78 Å². The lowest BCUT2D eigenvalue weighted by Crippen LogP contribution is -2.40. The number of benzene rings is 1. The van der Waals surface area contributed by atoms with Crippen molar-refractivity contribution in [3.05, 3.63) is 47.5 Å². The normalized spacial score (nSPS) is 36.3. The fraction of sp³-hybridized carbons (Fsp3) is 0.500. The number of hydrogen-bond donors (Lipinski definition) is 0. The fourth-order valence-corrected chi connectivity index (χ4v) is 4.83. The minimum Gasteiger partial charge on any atom is -0.293 e. The number of ketones is 1. The first-order chi connectivity index (χ1) is 9.34. The summed E-state index contributed by atoms with van der Waals surface area (Å²) in [4.78, 5) is 13.1. The number of allylic oxidation sites excluding steroid dienone is 2. The highest BCUT2D eigenvalue weighted by molar-refractivity contribution is 6.06. The first-order valence-corrected chi connectivity index (χ1v) is 7.64. The van der Waals surface area contributed by atoms with E-state index in [1.54, 1.807) is 0 Å². The number of Topliss-reactive ketones (excluding diaryl/α,β-unsaturated/α-hetero) is 1. The summed E-state index contributed by atoms with van der Waals surface area (Å²) in [5.74, 6) is 1.42. The topological polar surface area (TPSA) is 17.1 Å². The third kappa shape index (κ3) is 1.39. The molecule has 0 bridgehead atoms. The van der Waals surface area contributed by atoms with Crippen LogP contribution in [0.2, 0.25) is 0 Å². The van der Waals surface area contributed by atoms with Gasteiger partial charge in [0.25, 0.3) is 0 Å². The van der Waals surface area contributed by atoms with Crippen LogP contribution in [0.1, 0.15) is 60.4 Å². The first kappa shape index (κ1) is 11.5. The highest BCUT2D eigenvalue weighted by Crippen LogP contribution is 2.60. The van der Waals surface area contributed by atoms with Gasteiger partial charge in [-0.1, -0.05) is 49.3 Å². The first-order valence-electron chi connectivity index (χ1n) is 7.64. The summed E-state index contributed by atoms with van der Waals surface area (Å²) >= 11 is 0. The van der Waals surface area contributed by atoms with E-state index in [2.05, 4.69) is 30.4 Å². The molecule has 0 N–H and O–H groups in total. The Balaban J connectivity index is 1.88. The van der Waals surface area contributed by atoms with E-state index >= 15 is 0 Å². The number of carbonyl (C=O) groups excluding carboxylic acids is 1. The van der Waals surface area contributed by atoms with E-state index < -0.39 is 0 Å². The van der Waals surface area contributed by atoms with Gasteiger partial charge >= 0.3 is 0 Å². The molecule has 3 aliphatic rings. The van der Waals surface area contributed by atoms with E-state index in [1.165, 1.54) is 31.2 Å². The van der Waals surface area contributed by atoms with Crippen molar-refractivity contribution in [1.29, 1.82) is 0 Å². The number of hydrogen-bond acceptors (Lipinski definition) is 1. The molecule has 98 valence electrons. The third-order valence-corrected chi connectivity index (χ3v) is 5.63. The smallest absolute Gasteiger partial charge is 0.170 e. The molecule has 19 heavy (non-hydrogen) atoms. The SMILES string of the molecule is O=C1c2ccccc2[C@@H]2CCCC[C@]12[C@@H]1C=CCC1. The second-order valence-corrected chi connectivity index (χ2v) is 6.37. The molecule has 1 fully saturated rings. The summed E-state index contributed by atoms with van der Waals surface area (Å²) < 4.78 is 0. The Hall–Kier alpha value is -1.37. The highest BCUT2D eigenvalue weighted by Gasteiger charge is 2.56. The Morgan fingerprint density at radius 1 is 1.11 bits per heavy atom. The molecule has 1 aromatic rings. The Morgan fingerprint density at radius 2 is 2.00 bits per heavy atom. The standard InChI is InChI=1S/C18H20O/c19-17-15-10-4-3-9-14(15)16-11-5-6-12-18(16,17)13-7-1-2-8-13/h1,3-4,7,9-10,13,16H,2,5-6,8,11-12H2/t13-,16+,18-/m1/s1. The molecule has 0 aliphatic heterocycles. The van der Waals surface area contributed by atoms with Crippen LogP contribution in [0.25, 0.3) is 0 Å². The molecule has 3 atom stereocenters. The second-order valence-electron chi connectivity index (χ2n) is 6.37. The molecule has 1 saturated carbocycles. The second kappa shape index (κ2) is 4.06. The van der Waals surface area contributed by atoms with E-state index in [0.29, 0.717) is 17.6 Å². The van der Waals surface area contributed by atoms with Gasteiger partial charge in [0.05, 0.1) is 0 Å². The minimum absolute atomic E-state index is 0.0884. The summed E-state index contributed by atoms with van der Waals surface area (Å²) in [6.07, 6.45) is 11.8. The summed E-state index contributed by atoms with van der Waals surface area (Å²) in [5, 5.41) is 0. The van der Waals surface area contributed by atoms with Crippen LogP contribution in [0.15, 0.2) is 36.4 Å². The third-order valence-electron chi connectivity index (χ3n) is 5.63. The lowest BCUT2D eigenvalue weighted by atomic mass is 9.59. The predicted molar refractivity (Wildman–Crippen MR) is 76.3 cm³/mol. The molecular formula is C18H20O. The van der Waals surface area contributed by atoms with E-state index in [-0.39, 0.29) is 5.41 Å². The average molecular weight is 252 g/mol. The maximum Gasteiger partial charge on any atom is 0.170 e. The van der Waals surface area contributed by atoms with Crippen molar-refractivity contribution in [3.63, 3.8) is 0 Å². The molecule has 0 unspecified atom stereocenters. The van der Waals surface area contributed by atoms with E-state index in [0.717, 1.165) is 18.4 Å². The van der Waals surface area contributed by atoms with Crippen molar-refractivity contribution >= 4 is 5.78 Å². The zero-order chi connectivity index (χ0) is 12.9. The monoisotopic (exact) mass is 252 g/mol. The van der Waals surface area contributed by atoms with Crippen LogP contribution in [0.4, 0.5) is 0 Å². The van der Waals surface area contributed by atoms with Gasteiger partial charge in [-0.05, 0) is 43.1 Å². The highest BCUT2D eigenvalue weighted by atomic mass is 16.1. The van der Waals surface area contributed by atoms with Crippen molar-refractivity contribution < 1.29 is 4.79 Å². The average Bonchev–Trinajstić information content (AvgIpc) is 3.07. The van der Waals surface area contributed by atoms with E-state index in [4.69, 9.17) is 0 Å². The number of carbonyl (C=O) groups is 1. The largest absolute Gasteiger partial charge is 0.293 e. The Morgan fingerprint density at radius 3 is 2.84 bits per heavy atom. The molecule has 0 amide bonds. The van der Waals surface area contributed by atoms with Crippen LogP contribution in [0.3, 0.4) is 0 Å². The van der Waals surface area contributed by atoms with Crippen LogP contribution in [0.5, 0.6) is 0 Å². The van der Waals surface area contributed by atoms with Crippen LogP contribution in [0, 0.1) is 11.3 Å². The van der Waals surface area contributed by atoms with Gasteiger partial charge in [0, 0.05) is 11.0 Å². The summed E-state index contributed by atoms with van der Waals surface area (Å²) in [6, 6.07) is 8.37. The lowest BCUT2D eigenvalue weighted by molar-refractivity contribution is 0.0578. The van der Waals surface area contributed by atoms with Gasteiger partial charge in [-0.15, -0.1) is 0 Å². The molecule has 4 rings (SSSR count). The van der Waals surface area contributed by atoms with Crippen LogP contribution >= 0.6 is 0 Å². The number of rotatable bonds is 1. The predicted octanol–water partition coefficient (Wildman–Crippen LogP) is 4.49. The van der Waals surface area contributed by atoms with Crippen molar-refractivity contribution in [2.24, 2.45) is 11.3 Å². The Labute approximate surface area is 114 Å². The molecule has 1 heteroatoms. The van der Waals surface area contributed by atoms with Gasteiger partial charge in [-0.2, -0.15) is 0 Å².